The third-order valence-electron chi connectivity index (χ3n) is 3.13. The predicted molar refractivity (Wildman–Crippen MR) is 79.9 cm³/mol. The van der Waals surface area contributed by atoms with E-state index in [2.05, 4.69) is 10.3 Å². The summed E-state index contributed by atoms with van der Waals surface area (Å²) in [6, 6.07) is 4.36. The molecule has 0 fully saturated rings. The lowest BCUT2D eigenvalue weighted by molar-refractivity contribution is -0.139. The lowest BCUT2D eigenvalue weighted by Gasteiger charge is -2.21. The first-order valence-electron chi connectivity index (χ1n) is 7.11. The fourth-order valence-corrected chi connectivity index (χ4v) is 1.93. The van der Waals surface area contributed by atoms with E-state index in [0.29, 0.717) is 13.0 Å². The first-order valence-corrected chi connectivity index (χ1v) is 7.11. The monoisotopic (exact) mass is 293 g/mol. The summed E-state index contributed by atoms with van der Waals surface area (Å²) in [6.07, 6.45) is 2.09. The summed E-state index contributed by atoms with van der Waals surface area (Å²) in [4.78, 5) is 28.9. The zero-order chi connectivity index (χ0) is 15.8. The van der Waals surface area contributed by atoms with Gasteiger partial charge in [-0.1, -0.05) is 25.8 Å². The van der Waals surface area contributed by atoms with Gasteiger partial charge in [0.05, 0.1) is 12.2 Å². The van der Waals surface area contributed by atoms with Gasteiger partial charge in [-0.2, -0.15) is 0 Å². The van der Waals surface area contributed by atoms with E-state index in [4.69, 9.17) is 5.11 Å². The molecule has 1 heterocycles. The van der Waals surface area contributed by atoms with Crippen molar-refractivity contribution in [3.05, 3.63) is 29.6 Å². The minimum atomic E-state index is -1.00. The number of hydrogen-bond donors (Lipinski definition) is 2. The number of carbonyl (C=O) groups excluding carboxylic acids is 1. The van der Waals surface area contributed by atoms with E-state index in [1.807, 2.05) is 32.0 Å². The van der Waals surface area contributed by atoms with Crippen molar-refractivity contribution in [2.75, 3.05) is 7.05 Å². The average molecular weight is 293 g/mol. The molecule has 6 heteroatoms. The molecule has 116 valence electrons. The van der Waals surface area contributed by atoms with Gasteiger partial charge in [-0.15, -0.1) is 0 Å². The summed E-state index contributed by atoms with van der Waals surface area (Å²) in [7, 11) is 1.62. The number of carbonyl (C=O) groups is 2. The van der Waals surface area contributed by atoms with Crippen molar-refractivity contribution in [2.45, 2.75) is 45.7 Å². The summed E-state index contributed by atoms with van der Waals surface area (Å²) in [5.74, 6) is -1.00. The van der Waals surface area contributed by atoms with Crippen LogP contribution in [-0.2, 0) is 11.3 Å². The molecular weight excluding hydrogens is 270 g/mol. The fourth-order valence-electron chi connectivity index (χ4n) is 1.93. The van der Waals surface area contributed by atoms with Crippen LogP contribution in [0.5, 0.6) is 0 Å². The molecule has 1 atom stereocenters. The molecule has 2 N–H and O–H groups in total. The molecule has 0 aliphatic heterocycles. The van der Waals surface area contributed by atoms with Gasteiger partial charge in [0.15, 0.2) is 0 Å². The van der Waals surface area contributed by atoms with Crippen molar-refractivity contribution in [3.8, 4) is 0 Å². The van der Waals surface area contributed by atoms with Crippen LogP contribution < -0.4 is 5.32 Å². The SMILES string of the molecule is CCCCC(NC(=O)N(C)Cc1cccc(C)n1)C(=O)O. The van der Waals surface area contributed by atoms with Gasteiger partial charge in [-0.25, -0.2) is 9.59 Å². The molecule has 1 aromatic heterocycles. The molecule has 0 aromatic carbocycles. The molecule has 0 radical (unpaired) electrons. The number of aryl methyl sites for hydroxylation is 1. The smallest absolute Gasteiger partial charge is 0.326 e. The van der Waals surface area contributed by atoms with E-state index in [0.717, 1.165) is 24.2 Å². The van der Waals surface area contributed by atoms with E-state index in [-0.39, 0.29) is 0 Å². The van der Waals surface area contributed by atoms with E-state index in [9.17, 15) is 9.59 Å². The summed E-state index contributed by atoms with van der Waals surface area (Å²) in [5.41, 5.74) is 1.65. The molecule has 2 amide bonds. The third-order valence-corrected chi connectivity index (χ3v) is 3.13. The van der Waals surface area contributed by atoms with Crippen LogP contribution in [0, 0.1) is 6.92 Å². The quantitative estimate of drug-likeness (QED) is 0.807. The van der Waals surface area contributed by atoms with Crippen LogP contribution >= 0.6 is 0 Å². The molecule has 0 aliphatic rings. The number of amides is 2. The Morgan fingerprint density at radius 3 is 2.71 bits per heavy atom. The second kappa shape index (κ2) is 8.24. The van der Waals surface area contributed by atoms with Gasteiger partial charge >= 0.3 is 12.0 Å². The van der Waals surface area contributed by atoms with Crippen LogP contribution in [0.3, 0.4) is 0 Å². The van der Waals surface area contributed by atoms with Crippen LogP contribution in [-0.4, -0.2) is 40.1 Å². The number of urea groups is 1. The Morgan fingerprint density at radius 1 is 1.43 bits per heavy atom. The second-order valence-corrected chi connectivity index (χ2v) is 5.11. The first-order chi connectivity index (χ1) is 9.93. The number of aliphatic carboxylic acids is 1. The number of aromatic nitrogens is 1. The average Bonchev–Trinajstić information content (AvgIpc) is 2.42. The lowest BCUT2D eigenvalue weighted by atomic mass is 10.1. The molecule has 1 aromatic rings. The Morgan fingerprint density at radius 2 is 2.14 bits per heavy atom. The fraction of sp³-hybridized carbons (Fsp3) is 0.533. The Kier molecular flexibility index (Phi) is 6.65. The van der Waals surface area contributed by atoms with Crippen molar-refractivity contribution < 1.29 is 14.7 Å². The van der Waals surface area contributed by atoms with Gasteiger partial charge in [0.25, 0.3) is 0 Å². The van der Waals surface area contributed by atoms with Gasteiger partial charge in [-0.3, -0.25) is 4.98 Å². The summed E-state index contributed by atoms with van der Waals surface area (Å²) in [5, 5.41) is 11.7. The molecule has 0 aliphatic carbocycles. The summed E-state index contributed by atoms with van der Waals surface area (Å²) >= 11 is 0. The normalized spacial score (nSPS) is 11.8. The minimum Gasteiger partial charge on any atom is -0.480 e. The highest BCUT2D eigenvalue weighted by Crippen LogP contribution is 2.05. The highest BCUT2D eigenvalue weighted by molar-refractivity contribution is 5.82. The number of unbranched alkanes of at least 4 members (excludes halogenated alkanes) is 1. The molecule has 1 rings (SSSR count). The van der Waals surface area contributed by atoms with E-state index >= 15 is 0 Å². The number of carboxylic acids is 1. The number of carboxylic acid groups (broad SMARTS) is 1. The topological polar surface area (TPSA) is 82.5 Å². The van der Waals surface area contributed by atoms with Crippen molar-refractivity contribution >= 4 is 12.0 Å². The molecule has 0 saturated carbocycles. The number of nitrogens with one attached hydrogen (secondary N) is 1. The van der Waals surface area contributed by atoms with Crippen molar-refractivity contribution in [1.82, 2.24) is 15.2 Å². The number of nitrogens with zero attached hydrogens (tertiary/aromatic N) is 2. The van der Waals surface area contributed by atoms with Gasteiger partial charge in [-0.05, 0) is 25.5 Å². The number of pyridine rings is 1. The van der Waals surface area contributed by atoms with Crippen LogP contribution in [0.4, 0.5) is 4.79 Å². The van der Waals surface area contributed by atoms with E-state index in [1.165, 1.54) is 4.90 Å². The van der Waals surface area contributed by atoms with Crippen molar-refractivity contribution in [1.29, 1.82) is 0 Å². The summed E-state index contributed by atoms with van der Waals surface area (Å²) < 4.78 is 0. The largest absolute Gasteiger partial charge is 0.480 e. The summed E-state index contributed by atoms with van der Waals surface area (Å²) in [6.45, 7) is 4.21. The zero-order valence-corrected chi connectivity index (χ0v) is 12.8. The highest BCUT2D eigenvalue weighted by Gasteiger charge is 2.21. The van der Waals surface area contributed by atoms with Crippen LogP contribution in [0.2, 0.25) is 0 Å². The first kappa shape index (κ1) is 16.9. The van der Waals surface area contributed by atoms with Crippen molar-refractivity contribution in [3.63, 3.8) is 0 Å². The van der Waals surface area contributed by atoms with Gasteiger partial charge in [0, 0.05) is 12.7 Å². The molecule has 6 nitrogen and oxygen atoms in total. The zero-order valence-electron chi connectivity index (χ0n) is 12.8. The van der Waals surface area contributed by atoms with Gasteiger partial charge in [0.2, 0.25) is 0 Å². The number of hydrogen-bond acceptors (Lipinski definition) is 3. The molecular formula is C15H23N3O3. The molecule has 0 bridgehead atoms. The Hall–Kier alpha value is -2.11. The molecule has 1 unspecified atom stereocenters. The second-order valence-electron chi connectivity index (χ2n) is 5.11. The van der Waals surface area contributed by atoms with Crippen LogP contribution in [0.15, 0.2) is 18.2 Å². The third kappa shape index (κ3) is 5.81. The minimum absolute atomic E-state index is 0.341. The maximum absolute atomic E-state index is 12.0. The molecule has 0 spiro atoms. The van der Waals surface area contributed by atoms with E-state index in [1.54, 1.807) is 7.05 Å². The lowest BCUT2D eigenvalue weighted by Crippen LogP contribution is -2.46. The van der Waals surface area contributed by atoms with Crippen LogP contribution in [0.25, 0.3) is 0 Å². The molecule has 0 saturated heterocycles. The maximum Gasteiger partial charge on any atom is 0.326 e. The Balaban J connectivity index is 2.58. The maximum atomic E-state index is 12.0. The van der Waals surface area contributed by atoms with Crippen LogP contribution in [0.1, 0.15) is 37.6 Å². The van der Waals surface area contributed by atoms with Gasteiger partial charge < -0.3 is 15.3 Å². The van der Waals surface area contributed by atoms with Crippen molar-refractivity contribution in [2.24, 2.45) is 0 Å². The number of rotatable bonds is 7. The predicted octanol–water partition coefficient (Wildman–Crippen LogP) is 2.17. The van der Waals surface area contributed by atoms with Gasteiger partial charge in [0.1, 0.15) is 6.04 Å². The standard InChI is InChI=1S/C15H23N3O3/c1-4-5-9-13(14(19)20)17-15(21)18(3)10-12-8-6-7-11(2)16-12/h6-8,13H,4-5,9-10H2,1-3H3,(H,17,21)(H,19,20). The molecule has 21 heavy (non-hydrogen) atoms. The highest BCUT2D eigenvalue weighted by atomic mass is 16.4. The van der Waals surface area contributed by atoms with E-state index < -0.39 is 18.0 Å². The Bertz CT molecular complexity index is 491. The Labute approximate surface area is 125 Å².